The van der Waals surface area contributed by atoms with Crippen molar-refractivity contribution in [3.05, 3.63) is 62.8 Å². The maximum Gasteiger partial charge on any atom is 0.270 e. The Labute approximate surface area is 169 Å². The first-order valence-electron chi connectivity index (χ1n) is 8.79. The summed E-state index contributed by atoms with van der Waals surface area (Å²) in [5.41, 5.74) is 1.07. The van der Waals surface area contributed by atoms with Crippen LogP contribution in [0.5, 0.6) is 17.2 Å². The highest BCUT2D eigenvalue weighted by Crippen LogP contribution is 2.47. The topological polar surface area (TPSA) is 137 Å². The zero-order valence-electron chi connectivity index (χ0n) is 15.9. The summed E-state index contributed by atoms with van der Waals surface area (Å²) in [6.45, 7) is 0. The smallest absolute Gasteiger partial charge is 0.270 e. The van der Waals surface area contributed by atoms with Crippen LogP contribution in [0, 0.1) is 10.1 Å². The van der Waals surface area contributed by atoms with Crippen LogP contribution in [0.2, 0.25) is 0 Å². The van der Waals surface area contributed by atoms with Crippen LogP contribution >= 0.6 is 0 Å². The summed E-state index contributed by atoms with van der Waals surface area (Å²) in [7, 11) is 3.53. The van der Waals surface area contributed by atoms with Gasteiger partial charge in [-0.1, -0.05) is 0 Å². The summed E-state index contributed by atoms with van der Waals surface area (Å²) in [4.78, 5) is 24.6. The molecule has 2 aromatic carbocycles. The Hall–Kier alpha value is -4.27. The fraction of sp³-hybridized carbons (Fsp3) is 0.0952. The molecule has 0 aromatic heterocycles. The number of nitro benzene ring substituents is 1. The highest BCUT2D eigenvalue weighted by Gasteiger charge is 2.24. The zero-order valence-corrected chi connectivity index (χ0v) is 15.9. The number of aromatic hydroxyl groups is 3. The average Bonchev–Trinajstić information content (AvgIpc) is 2.68. The zero-order chi connectivity index (χ0) is 21.7. The van der Waals surface area contributed by atoms with Crippen molar-refractivity contribution in [1.29, 1.82) is 0 Å². The van der Waals surface area contributed by atoms with E-state index in [4.69, 9.17) is 4.42 Å². The number of non-ortho nitro benzene ring substituents is 1. The molecule has 0 atom stereocenters. The van der Waals surface area contributed by atoms with Gasteiger partial charge in [0.1, 0.15) is 11.3 Å². The van der Waals surface area contributed by atoms with E-state index < -0.39 is 27.6 Å². The monoisotopic (exact) mass is 408 g/mol. The molecule has 1 aliphatic heterocycles. The molecule has 2 aliphatic rings. The molecule has 30 heavy (non-hydrogen) atoms. The fourth-order valence-corrected chi connectivity index (χ4v) is 3.45. The van der Waals surface area contributed by atoms with Crippen LogP contribution < -0.4 is 10.3 Å². The molecule has 0 radical (unpaired) electrons. The van der Waals surface area contributed by atoms with Crippen molar-refractivity contribution in [2.24, 2.45) is 0 Å². The molecule has 0 saturated heterocycles. The number of nitro groups is 1. The molecular weight excluding hydrogens is 392 g/mol. The third-order valence-corrected chi connectivity index (χ3v) is 4.84. The van der Waals surface area contributed by atoms with E-state index in [-0.39, 0.29) is 17.0 Å². The van der Waals surface area contributed by atoms with Crippen LogP contribution in [-0.4, -0.2) is 34.3 Å². The van der Waals surface area contributed by atoms with Gasteiger partial charge in [-0.25, -0.2) is 0 Å². The second-order valence-electron chi connectivity index (χ2n) is 6.98. The summed E-state index contributed by atoms with van der Waals surface area (Å²) in [6, 6.07) is 9.10. The maximum absolute atomic E-state index is 12.0. The van der Waals surface area contributed by atoms with E-state index in [9.17, 15) is 30.2 Å². The highest BCUT2D eigenvalue weighted by atomic mass is 16.6. The summed E-state index contributed by atoms with van der Waals surface area (Å²) >= 11 is 0. The number of rotatable bonds is 3. The van der Waals surface area contributed by atoms with E-state index in [0.29, 0.717) is 27.8 Å². The van der Waals surface area contributed by atoms with Gasteiger partial charge in [-0.2, -0.15) is 0 Å². The van der Waals surface area contributed by atoms with Gasteiger partial charge in [-0.05, 0) is 18.2 Å². The number of hydrogen-bond acceptors (Lipinski definition) is 8. The highest BCUT2D eigenvalue weighted by molar-refractivity contribution is 6.06. The molecule has 152 valence electrons. The molecule has 0 bridgehead atoms. The molecule has 0 saturated carbocycles. The first-order valence-corrected chi connectivity index (χ1v) is 8.79. The molecule has 0 amide bonds. The Morgan fingerprint density at radius 3 is 2.30 bits per heavy atom. The van der Waals surface area contributed by atoms with Gasteiger partial charge < -0.3 is 24.6 Å². The minimum Gasteiger partial charge on any atom is -0.504 e. The van der Waals surface area contributed by atoms with Crippen molar-refractivity contribution in [1.82, 2.24) is 0 Å². The van der Waals surface area contributed by atoms with E-state index in [1.165, 1.54) is 30.3 Å². The minimum atomic E-state index is -0.661. The predicted octanol–water partition coefficient (Wildman–Crippen LogP) is 3.66. The quantitative estimate of drug-likeness (QED) is 0.202. The Morgan fingerprint density at radius 1 is 0.933 bits per heavy atom. The Kier molecular flexibility index (Phi) is 4.23. The average molecular weight is 408 g/mol. The normalized spacial score (nSPS) is 11.1. The number of phenols is 3. The van der Waals surface area contributed by atoms with Crippen LogP contribution in [0.1, 0.15) is 0 Å². The van der Waals surface area contributed by atoms with Crippen molar-refractivity contribution in [3.63, 3.8) is 0 Å². The SMILES string of the molecule is CN(C)c1ccc([N+](=O)[O-])cc1-c1c2cc(O)c(=O)cc-2oc2cc(O)c(O)cc12. The largest absolute Gasteiger partial charge is 0.504 e. The van der Waals surface area contributed by atoms with Gasteiger partial charge in [0, 0.05) is 66.1 Å². The molecule has 1 aliphatic carbocycles. The summed E-state index contributed by atoms with van der Waals surface area (Å²) < 4.78 is 5.73. The van der Waals surface area contributed by atoms with Crippen molar-refractivity contribution < 1.29 is 24.7 Å². The van der Waals surface area contributed by atoms with Crippen LogP contribution in [0.25, 0.3) is 33.4 Å². The molecule has 0 spiro atoms. The summed E-state index contributed by atoms with van der Waals surface area (Å²) in [5.74, 6) is -1.25. The lowest BCUT2D eigenvalue weighted by atomic mass is 9.91. The van der Waals surface area contributed by atoms with E-state index in [2.05, 4.69) is 0 Å². The molecule has 2 aromatic rings. The second kappa shape index (κ2) is 6.66. The molecule has 0 unspecified atom stereocenters. The number of phenolic OH excluding ortho intramolecular Hbond substituents is 3. The van der Waals surface area contributed by atoms with E-state index >= 15 is 0 Å². The van der Waals surface area contributed by atoms with Gasteiger partial charge in [0.25, 0.3) is 5.69 Å². The van der Waals surface area contributed by atoms with Gasteiger partial charge in [0.05, 0.1) is 4.92 Å². The van der Waals surface area contributed by atoms with E-state index in [1.807, 2.05) is 0 Å². The summed E-state index contributed by atoms with van der Waals surface area (Å²) in [6.07, 6.45) is 0. The maximum atomic E-state index is 12.0. The van der Waals surface area contributed by atoms with Gasteiger partial charge in [0.2, 0.25) is 5.43 Å². The molecule has 9 nitrogen and oxygen atoms in total. The summed E-state index contributed by atoms with van der Waals surface area (Å²) in [5, 5.41) is 41.7. The third-order valence-electron chi connectivity index (χ3n) is 4.84. The first-order chi connectivity index (χ1) is 14.2. The van der Waals surface area contributed by atoms with Crippen LogP contribution in [-0.2, 0) is 0 Å². The van der Waals surface area contributed by atoms with Gasteiger partial charge >= 0.3 is 0 Å². The molecule has 3 N–H and O–H groups in total. The van der Waals surface area contributed by atoms with Crippen LogP contribution in [0.4, 0.5) is 11.4 Å². The standard InChI is InChI=1S/C21H16N2O7/c1-22(2)14-4-3-10(23(28)29)5-11(14)21-12-6-15(24)17(26)8-19(12)30-20-9-18(27)16(25)7-13(20)21/h3-9,24-26H,1-2H3. The fourth-order valence-electron chi connectivity index (χ4n) is 3.45. The minimum absolute atomic E-state index is 0.113. The Bertz CT molecular complexity index is 1360. The van der Waals surface area contributed by atoms with Crippen molar-refractivity contribution >= 4 is 22.3 Å². The van der Waals surface area contributed by atoms with Gasteiger partial charge in [0.15, 0.2) is 17.2 Å². The van der Waals surface area contributed by atoms with E-state index in [0.717, 1.165) is 6.07 Å². The first kappa shape index (κ1) is 19.1. The third kappa shape index (κ3) is 2.93. The van der Waals surface area contributed by atoms with Crippen LogP contribution in [0.3, 0.4) is 0 Å². The lowest BCUT2D eigenvalue weighted by molar-refractivity contribution is -0.384. The Balaban J connectivity index is 2.25. The predicted molar refractivity (Wildman–Crippen MR) is 111 cm³/mol. The number of anilines is 1. The number of fused-ring (bicyclic) bond motifs is 2. The lowest BCUT2D eigenvalue weighted by Gasteiger charge is -2.21. The second-order valence-corrected chi connectivity index (χ2v) is 6.98. The van der Waals surface area contributed by atoms with Crippen molar-refractivity contribution in [2.45, 2.75) is 0 Å². The van der Waals surface area contributed by atoms with Crippen molar-refractivity contribution in [2.75, 3.05) is 19.0 Å². The molecule has 0 fully saturated rings. The molecule has 4 rings (SSSR count). The van der Waals surface area contributed by atoms with Crippen molar-refractivity contribution in [3.8, 4) is 39.7 Å². The molecule has 1 heterocycles. The Morgan fingerprint density at radius 2 is 1.63 bits per heavy atom. The van der Waals surface area contributed by atoms with Gasteiger partial charge in [-0.3, -0.25) is 14.9 Å². The number of nitrogens with zero attached hydrogens (tertiary/aromatic N) is 2. The molecule has 9 heteroatoms. The van der Waals surface area contributed by atoms with Gasteiger partial charge in [-0.15, -0.1) is 0 Å². The van der Waals surface area contributed by atoms with E-state index in [1.54, 1.807) is 25.1 Å². The lowest BCUT2D eigenvalue weighted by Crippen LogP contribution is -2.11. The molecular formula is C21H16N2O7. The number of benzene rings is 3. The van der Waals surface area contributed by atoms with Crippen LogP contribution in [0.15, 0.2) is 51.7 Å². The number of hydrogen-bond donors (Lipinski definition) is 3.